The summed E-state index contributed by atoms with van der Waals surface area (Å²) in [6, 6.07) is 5.53. The van der Waals surface area contributed by atoms with Gasteiger partial charge in [0, 0.05) is 35.7 Å². The molecule has 0 saturated carbocycles. The van der Waals surface area contributed by atoms with Gasteiger partial charge in [-0.3, -0.25) is 4.79 Å². The summed E-state index contributed by atoms with van der Waals surface area (Å²) in [4.78, 5) is 13.1. The van der Waals surface area contributed by atoms with Crippen molar-refractivity contribution >= 4 is 43.3 Å². The molecule has 1 aromatic carbocycles. The number of amides is 1. The SMILES string of the molecule is O=C(Nc1c2c(nn1C1CCS(=O)(=O)C1)CSC2)c1ccc(S(=O)(=O)N2CCOCC2)cc1. The molecule has 0 radical (unpaired) electrons. The molecule has 2 aromatic rings. The van der Waals surface area contributed by atoms with E-state index in [1.54, 1.807) is 16.4 Å². The highest BCUT2D eigenvalue weighted by Gasteiger charge is 2.34. The molecule has 2 fully saturated rings. The Labute approximate surface area is 196 Å². The molecule has 3 aliphatic heterocycles. The van der Waals surface area contributed by atoms with Crippen LogP contribution in [0.5, 0.6) is 0 Å². The van der Waals surface area contributed by atoms with Crippen molar-refractivity contribution in [2.24, 2.45) is 0 Å². The number of anilines is 1. The Kier molecular flexibility index (Phi) is 6.02. The Morgan fingerprint density at radius 2 is 1.88 bits per heavy atom. The van der Waals surface area contributed by atoms with E-state index >= 15 is 0 Å². The highest BCUT2D eigenvalue weighted by Crippen LogP contribution is 2.38. The molecule has 1 aromatic heterocycles. The minimum Gasteiger partial charge on any atom is -0.379 e. The van der Waals surface area contributed by atoms with Gasteiger partial charge in [0.2, 0.25) is 10.0 Å². The summed E-state index contributed by atoms with van der Waals surface area (Å²) in [6.45, 7) is 1.32. The van der Waals surface area contributed by atoms with E-state index in [0.717, 1.165) is 17.0 Å². The Morgan fingerprint density at radius 1 is 1.15 bits per heavy atom. The molecule has 5 rings (SSSR count). The van der Waals surface area contributed by atoms with Crippen LogP contribution in [0.2, 0.25) is 0 Å². The van der Waals surface area contributed by atoms with Crippen LogP contribution in [-0.2, 0) is 36.1 Å². The predicted octanol–water partition coefficient (Wildman–Crippen LogP) is 1.26. The fourth-order valence-electron chi connectivity index (χ4n) is 4.29. The number of hydrogen-bond acceptors (Lipinski definition) is 8. The topological polar surface area (TPSA) is 128 Å². The number of nitrogens with zero attached hydrogens (tertiary/aromatic N) is 3. The smallest absolute Gasteiger partial charge is 0.256 e. The van der Waals surface area contributed by atoms with Crippen LogP contribution in [0, 0.1) is 0 Å². The van der Waals surface area contributed by atoms with Crippen LogP contribution < -0.4 is 5.32 Å². The number of sulfonamides is 1. The van der Waals surface area contributed by atoms with Crippen LogP contribution in [-0.4, -0.2) is 74.6 Å². The van der Waals surface area contributed by atoms with Crippen LogP contribution in [0.3, 0.4) is 0 Å². The summed E-state index contributed by atoms with van der Waals surface area (Å²) in [6.07, 6.45) is 0.465. The molecule has 2 saturated heterocycles. The summed E-state index contributed by atoms with van der Waals surface area (Å²) in [7, 11) is -6.75. The van der Waals surface area contributed by atoms with Crippen molar-refractivity contribution in [3.63, 3.8) is 0 Å². The third-order valence-electron chi connectivity index (χ3n) is 6.09. The minimum atomic E-state index is -3.64. The van der Waals surface area contributed by atoms with Gasteiger partial charge in [0.1, 0.15) is 5.82 Å². The Hall–Kier alpha value is -1.93. The number of nitrogens with one attached hydrogen (secondary N) is 1. The predicted molar refractivity (Wildman–Crippen MR) is 124 cm³/mol. The van der Waals surface area contributed by atoms with Crippen molar-refractivity contribution in [2.75, 3.05) is 43.1 Å². The van der Waals surface area contributed by atoms with Gasteiger partial charge in [-0.05, 0) is 30.7 Å². The molecule has 4 heterocycles. The molecule has 3 aliphatic rings. The van der Waals surface area contributed by atoms with Crippen molar-refractivity contribution < 1.29 is 26.4 Å². The Morgan fingerprint density at radius 3 is 2.55 bits per heavy atom. The number of carbonyl (C=O) groups is 1. The first-order valence-corrected chi connectivity index (χ1v) is 15.0. The molecule has 13 heteroatoms. The maximum atomic E-state index is 13.0. The maximum Gasteiger partial charge on any atom is 0.256 e. The van der Waals surface area contributed by atoms with E-state index in [-0.39, 0.29) is 22.4 Å². The molecule has 0 bridgehead atoms. The van der Waals surface area contributed by atoms with E-state index in [9.17, 15) is 21.6 Å². The fourth-order valence-corrected chi connectivity index (χ4v) is 8.43. The Bertz CT molecular complexity index is 1280. The number of aromatic nitrogens is 2. The van der Waals surface area contributed by atoms with E-state index in [1.165, 1.54) is 28.6 Å². The molecule has 1 amide bonds. The molecule has 178 valence electrons. The lowest BCUT2D eigenvalue weighted by molar-refractivity contribution is 0.0730. The third kappa shape index (κ3) is 4.44. The van der Waals surface area contributed by atoms with E-state index < -0.39 is 25.8 Å². The zero-order valence-corrected chi connectivity index (χ0v) is 20.2. The van der Waals surface area contributed by atoms with Crippen molar-refractivity contribution in [1.29, 1.82) is 0 Å². The first kappa shape index (κ1) is 22.8. The molecule has 10 nitrogen and oxygen atoms in total. The standard InChI is InChI=1S/C20H24N4O6S3/c25-20(14-1-3-16(4-2-14)33(28,29)23-6-8-30-9-7-23)21-19-17-11-31-12-18(17)22-24(19)15-5-10-32(26,27)13-15/h1-4,15H,5-13H2,(H,21,25). The second-order valence-corrected chi connectivity index (χ2v) is 13.4. The number of hydrogen-bond donors (Lipinski definition) is 1. The van der Waals surface area contributed by atoms with Crippen molar-refractivity contribution in [2.45, 2.75) is 28.9 Å². The van der Waals surface area contributed by atoms with Crippen molar-refractivity contribution in [3.05, 3.63) is 41.1 Å². The molecule has 1 unspecified atom stereocenters. The normalized spacial score (nSPS) is 22.8. The average molecular weight is 513 g/mol. The van der Waals surface area contributed by atoms with E-state index in [1.807, 2.05) is 0 Å². The number of benzene rings is 1. The lowest BCUT2D eigenvalue weighted by Gasteiger charge is -2.26. The number of thioether (sulfide) groups is 1. The quantitative estimate of drug-likeness (QED) is 0.634. The van der Waals surface area contributed by atoms with Gasteiger partial charge in [-0.25, -0.2) is 21.5 Å². The van der Waals surface area contributed by atoms with Gasteiger partial charge in [-0.1, -0.05) is 0 Å². The number of carbonyl (C=O) groups excluding carboxylic acids is 1. The van der Waals surface area contributed by atoms with Gasteiger partial charge in [0.25, 0.3) is 5.91 Å². The molecule has 1 N–H and O–H groups in total. The van der Waals surface area contributed by atoms with Crippen molar-refractivity contribution in [3.8, 4) is 0 Å². The van der Waals surface area contributed by atoms with Crippen LogP contribution in [0.25, 0.3) is 0 Å². The van der Waals surface area contributed by atoms with Gasteiger partial charge >= 0.3 is 0 Å². The first-order chi connectivity index (χ1) is 15.7. The van der Waals surface area contributed by atoms with Gasteiger partial charge in [-0.2, -0.15) is 21.2 Å². The summed E-state index contributed by atoms with van der Waals surface area (Å²) in [5.74, 6) is 1.68. The number of rotatable bonds is 5. The van der Waals surface area contributed by atoms with E-state index in [0.29, 0.717) is 49.9 Å². The molecule has 33 heavy (non-hydrogen) atoms. The van der Waals surface area contributed by atoms with Gasteiger partial charge in [-0.15, -0.1) is 0 Å². The summed E-state index contributed by atoms with van der Waals surface area (Å²) < 4.78 is 57.8. The largest absolute Gasteiger partial charge is 0.379 e. The third-order valence-corrected chi connectivity index (χ3v) is 10.7. The van der Waals surface area contributed by atoms with E-state index in [2.05, 4.69) is 10.4 Å². The molecule has 1 atom stereocenters. The fraction of sp³-hybridized carbons (Fsp3) is 0.500. The average Bonchev–Trinajstić information content (AvgIpc) is 3.50. The van der Waals surface area contributed by atoms with Crippen LogP contribution in [0.1, 0.15) is 34.1 Å². The lowest BCUT2D eigenvalue weighted by atomic mass is 10.2. The molecular weight excluding hydrogens is 488 g/mol. The minimum absolute atomic E-state index is 0.0116. The van der Waals surface area contributed by atoms with Gasteiger partial charge in [0.05, 0.1) is 41.4 Å². The van der Waals surface area contributed by atoms with Crippen LogP contribution >= 0.6 is 11.8 Å². The van der Waals surface area contributed by atoms with Gasteiger partial charge < -0.3 is 10.1 Å². The number of ether oxygens (including phenoxy) is 1. The zero-order valence-electron chi connectivity index (χ0n) is 17.8. The van der Waals surface area contributed by atoms with Crippen molar-refractivity contribution in [1.82, 2.24) is 14.1 Å². The number of sulfone groups is 1. The summed E-state index contributed by atoms with van der Waals surface area (Å²) >= 11 is 1.69. The van der Waals surface area contributed by atoms with Gasteiger partial charge in [0.15, 0.2) is 9.84 Å². The monoisotopic (exact) mass is 512 g/mol. The lowest BCUT2D eigenvalue weighted by Crippen LogP contribution is -2.40. The zero-order chi connectivity index (χ0) is 23.2. The van der Waals surface area contributed by atoms with Crippen LogP contribution in [0.4, 0.5) is 5.82 Å². The second-order valence-electron chi connectivity index (χ2n) is 8.26. The first-order valence-electron chi connectivity index (χ1n) is 10.6. The van der Waals surface area contributed by atoms with Crippen LogP contribution in [0.15, 0.2) is 29.2 Å². The maximum absolute atomic E-state index is 13.0. The highest BCUT2D eigenvalue weighted by atomic mass is 32.2. The molecule has 0 aliphatic carbocycles. The molecular formula is C20H24N4O6S3. The number of fused-ring (bicyclic) bond motifs is 1. The second kappa shape index (κ2) is 8.69. The molecule has 0 spiro atoms. The van der Waals surface area contributed by atoms with E-state index in [4.69, 9.17) is 4.74 Å². The summed E-state index contributed by atoms with van der Waals surface area (Å²) in [5.41, 5.74) is 2.10. The highest BCUT2D eigenvalue weighted by molar-refractivity contribution is 7.98. The summed E-state index contributed by atoms with van der Waals surface area (Å²) in [5, 5.41) is 7.51. The Balaban J connectivity index is 1.37. The number of morpholine rings is 1.